The number of carbonyl (C=O) groups is 2. The van der Waals surface area contributed by atoms with Crippen molar-refractivity contribution in [3.8, 4) is 0 Å². The topological polar surface area (TPSA) is 39.1 Å². The van der Waals surface area contributed by atoms with Crippen LogP contribution in [0, 0.1) is 0 Å². The normalized spacial score (nSPS) is 16.1. The van der Waals surface area contributed by atoms with E-state index in [4.69, 9.17) is 0 Å². The Bertz CT molecular complexity index is 882. The van der Waals surface area contributed by atoms with Crippen LogP contribution >= 0.6 is 0 Å². The van der Waals surface area contributed by atoms with E-state index in [2.05, 4.69) is 6.08 Å². The molecule has 1 aromatic carbocycles. The predicted octanol–water partition coefficient (Wildman–Crippen LogP) is 3.82. The number of Topliss-reactive ketones (excluding diaryl/α,β-unsaturated/α-hetero) is 1. The average Bonchev–Trinajstić information content (AvgIpc) is 2.89. The lowest BCUT2D eigenvalue weighted by atomic mass is 9.90. The van der Waals surface area contributed by atoms with E-state index in [9.17, 15) is 9.59 Å². The first-order chi connectivity index (χ1) is 11.2. The van der Waals surface area contributed by atoms with Gasteiger partial charge in [0.25, 0.3) is 0 Å². The number of benzene rings is 1. The molecule has 3 nitrogen and oxygen atoms in total. The summed E-state index contributed by atoms with van der Waals surface area (Å²) in [7, 11) is 0. The van der Waals surface area contributed by atoms with Gasteiger partial charge in [-0.3, -0.25) is 9.59 Å². The molecule has 2 aliphatic carbocycles. The number of allylic oxidation sites excluding steroid dienone is 3. The molecule has 23 heavy (non-hydrogen) atoms. The summed E-state index contributed by atoms with van der Waals surface area (Å²) < 4.78 is 2.05. The second-order valence-corrected chi connectivity index (χ2v) is 6.12. The molecule has 4 rings (SSSR count). The van der Waals surface area contributed by atoms with Crippen molar-refractivity contribution in [2.75, 3.05) is 0 Å². The summed E-state index contributed by atoms with van der Waals surface area (Å²) in [5, 5.41) is 0. The molecule has 0 saturated carbocycles. The Kier molecular flexibility index (Phi) is 3.15. The fraction of sp³-hybridized carbons (Fsp3) is 0.200. The van der Waals surface area contributed by atoms with Crippen LogP contribution in [0.5, 0.6) is 0 Å². The van der Waals surface area contributed by atoms with Gasteiger partial charge in [-0.05, 0) is 31.4 Å². The SMILES string of the molecule is CC1=CC(=O)c2c(c3c(n2Cc2ccccc2)CCC=C3)C1=O. The first-order valence-electron chi connectivity index (χ1n) is 7.90. The maximum atomic E-state index is 12.6. The van der Waals surface area contributed by atoms with Gasteiger partial charge in [0, 0.05) is 23.4 Å². The quantitative estimate of drug-likeness (QED) is 0.846. The highest BCUT2D eigenvalue weighted by Gasteiger charge is 2.33. The first kappa shape index (κ1) is 13.9. The number of ketones is 2. The van der Waals surface area contributed by atoms with Crippen LogP contribution in [-0.4, -0.2) is 16.1 Å². The van der Waals surface area contributed by atoms with Crippen molar-refractivity contribution in [2.45, 2.75) is 26.3 Å². The summed E-state index contributed by atoms with van der Waals surface area (Å²) in [6, 6.07) is 10.1. The van der Waals surface area contributed by atoms with Gasteiger partial charge in [0.2, 0.25) is 5.78 Å². The van der Waals surface area contributed by atoms with Crippen molar-refractivity contribution in [3.05, 3.63) is 76.1 Å². The summed E-state index contributed by atoms with van der Waals surface area (Å²) in [6.07, 6.45) is 7.37. The lowest BCUT2D eigenvalue weighted by molar-refractivity contribution is 0.0979. The molecule has 0 unspecified atom stereocenters. The maximum Gasteiger partial charge on any atom is 0.203 e. The number of hydrogen-bond donors (Lipinski definition) is 0. The van der Waals surface area contributed by atoms with E-state index in [1.165, 1.54) is 6.08 Å². The standard InChI is InChI=1S/C20H17NO2/c1-13-11-17(22)19-18(20(13)23)15-9-5-6-10-16(15)21(19)12-14-7-3-2-4-8-14/h2-5,7-9,11H,6,10,12H2,1H3. The van der Waals surface area contributed by atoms with Crippen molar-refractivity contribution in [3.63, 3.8) is 0 Å². The molecule has 114 valence electrons. The molecular weight excluding hydrogens is 286 g/mol. The van der Waals surface area contributed by atoms with Gasteiger partial charge >= 0.3 is 0 Å². The van der Waals surface area contributed by atoms with E-state index < -0.39 is 0 Å². The predicted molar refractivity (Wildman–Crippen MR) is 89.7 cm³/mol. The fourth-order valence-corrected chi connectivity index (χ4v) is 3.51. The highest BCUT2D eigenvalue weighted by molar-refractivity contribution is 6.25. The van der Waals surface area contributed by atoms with E-state index in [-0.39, 0.29) is 11.6 Å². The molecule has 0 atom stereocenters. The van der Waals surface area contributed by atoms with Crippen LogP contribution in [0.4, 0.5) is 0 Å². The van der Waals surface area contributed by atoms with Crippen molar-refractivity contribution >= 4 is 17.6 Å². The minimum absolute atomic E-state index is 0.0192. The number of carbonyl (C=O) groups excluding carboxylic acids is 2. The third-order valence-corrected chi connectivity index (χ3v) is 4.59. The van der Waals surface area contributed by atoms with Gasteiger partial charge in [-0.1, -0.05) is 42.5 Å². The second kappa shape index (κ2) is 5.20. The summed E-state index contributed by atoms with van der Waals surface area (Å²) in [5.41, 5.74) is 4.85. The number of nitrogens with zero attached hydrogens (tertiary/aromatic N) is 1. The average molecular weight is 303 g/mol. The van der Waals surface area contributed by atoms with E-state index in [0.29, 0.717) is 23.4 Å². The molecule has 0 spiro atoms. The Balaban J connectivity index is 1.94. The van der Waals surface area contributed by atoms with E-state index in [1.54, 1.807) is 6.92 Å². The molecule has 2 aromatic rings. The van der Waals surface area contributed by atoms with Crippen molar-refractivity contribution in [1.82, 2.24) is 4.57 Å². The van der Waals surface area contributed by atoms with Crippen LogP contribution in [0.3, 0.4) is 0 Å². The van der Waals surface area contributed by atoms with Crippen molar-refractivity contribution in [1.29, 1.82) is 0 Å². The molecule has 0 radical (unpaired) electrons. The van der Waals surface area contributed by atoms with Crippen LogP contribution in [0.2, 0.25) is 0 Å². The van der Waals surface area contributed by atoms with Gasteiger partial charge in [-0.25, -0.2) is 0 Å². The van der Waals surface area contributed by atoms with Crippen LogP contribution in [0.25, 0.3) is 6.08 Å². The molecular formula is C20H17NO2. The second-order valence-electron chi connectivity index (χ2n) is 6.12. The summed E-state index contributed by atoms with van der Waals surface area (Å²) in [4.78, 5) is 25.2. The first-order valence-corrected chi connectivity index (χ1v) is 7.90. The lowest BCUT2D eigenvalue weighted by Crippen LogP contribution is -2.19. The highest BCUT2D eigenvalue weighted by atomic mass is 16.1. The molecule has 1 heterocycles. The Morgan fingerprint density at radius 1 is 1.13 bits per heavy atom. The Morgan fingerprint density at radius 2 is 1.91 bits per heavy atom. The molecule has 3 heteroatoms. The Morgan fingerprint density at radius 3 is 2.70 bits per heavy atom. The van der Waals surface area contributed by atoms with Gasteiger partial charge in [-0.15, -0.1) is 0 Å². The monoisotopic (exact) mass is 303 g/mol. The maximum absolute atomic E-state index is 12.6. The summed E-state index contributed by atoms with van der Waals surface area (Å²) in [6.45, 7) is 2.34. The van der Waals surface area contributed by atoms with E-state index in [1.807, 2.05) is 41.0 Å². The molecule has 0 amide bonds. The molecule has 0 bridgehead atoms. The Labute approximate surface area is 134 Å². The van der Waals surface area contributed by atoms with Crippen LogP contribution in [0.15, 0.2) is 48.1 Å². The molecule has 0 N–H and O–H groups in total. The lowest BCUT2D eigenvalue weighted by Gasteiger charge is -2.15. The van der Waals surface area contributed by atoms with Gasteiger partial charge in [0.05, 0.1) is 5.56 Å². The number of hydrogen-bond acceptors (Lipinski definition) is 2. The number of aromatic nitrogens is 1. The zero-order chi connectivity index (χ0) is 16.0. The minimum atomic E-state index is -0.0594. The third-order valence-electron chi connectivity index (χ3n) is 4.59. The summed E-state index contributed by atoms with van der Waals surface area (Å²) in [5.74, 6) is -0.0787. The molecule has 1 aromatic heterocycles. The van der Waals surface area contributed by atoms with E-state index in [0.717, 1.165) is 29.7 Å². The third kappa shape index (κ3) is 2.12. The fourth-order valence-electron chi connectivity index (χ4n) is 3.51. The molecule has 2 aliphatic rings. The zero-order valence-electron chi connectivity index (χ0n) is 13.0. The minimum Gasteiger partial charge on any atom is -0.336 e. The van der Waals surface area contributed by atoms with Crippen molar-refractivity contribution in [2.24, 2.45) is 0 Å². The molecule has 0 aliphatic heterocycles. The smallest absolute Gasteiger partial charge is 0.203 e. The van der Waals surface area contributed by atoms with Gasteiger partial charge in [0.15, 0.2) is 5.78 Å². The van der Waals surface area contributed by atoms with Crippen molar-refractivity contribution < 1.29 is 9.59 Å². The van der Waals surface area contributed by atoms with Crippen LogP contribution in [0.1, 0.15) is 51.0 Å². The number of fused-ring (bicyclic) bond motifs is 3. The highest BCUT2D eigenvalue weighted by Crippen LogP contribution is 2.34. The van der Waals surface area contributed by atoms with Crippen LogP contribution < -0.4 is 0 Å². The largest absolute Gasteiger partial charge is 0.336 e. The summed E-state index contributed by atoms with van der Waals surface area (Å²) >= 11 is 0. The Hall–Kier alpha value is -2.68. The van der Waals surface area contributed by atoms with Crippen LogP contribution in [-0.2, 0) is 13.0 Å². The number of rotatable bonds is 2. The molecule has 0 fully saturated rings. The van der Waals surface area contributed by atoms with Gasteiger partial charge < -0.3 is 4.57 Å². The van der Waals surface area contributed by atoms with Gasteiger partial charge in [0.1, 0.15) is 5.69 Å². The zero-order valence-corrected chi connectivity index (χ0v) is 13.0. The van der Waals surface area contributed by atoms with E-state index >= 15 is 0 Å². The van der Waals surface area contributed by atoms with Gasteiger partial charge in [-0.2, -0.15) is 0 Å². The molecule has 0 saturated heterocycles.